The molecule has 0 saturated heterocycles. The van der Waals surface area contributed by atoms with Crippen LogP contribution in [0.5, 0.6) is 0 Å². The molecule has 56 heavy (non-hydrogen) atoms. The van der Waals surface area contributed by atoms with Gasteiger partial charge in [0.2, 0.25) is 0 Å². The first-order chi connectivity index (χ1) is 27.5. The van der Waals surface area contributed by atoms with Crippen LogP contribution in [0.2, 0.25) is 0 Å². The van der Waals surface area contributed by atoms with Crippen molar-refractivity contribution < 1.29 is 0 Å². The van der Waals surface area contributed by atoms with Gasteiger partial charge in [-0.1, -0.05) is 133 Å². The largest absolute Gasteiger partial charge is 0.343 e. The maximum atomic E-state index is 8.99. The Hall–Kier alpha value is -7.24. The van der Waals surface area contributed by atoms with Crippen molar-refractivity contribution in [2.75, 3.05) is 7.05 Å². The van der Waals surface area contributed by atoms with E-state index in [0.29, 0.717) is 5.84 Å². The number of nitrogens with zero attached hydrogens (tertiary/aromatic N) is 4. The molecule has 0 aliphatic heterocycles. The Bertz CT molecular complexity index is 3000. The van der Waals surface area contributed by atoms with E-state index in [1.165, 1.54) is 54.7 Å². The van der Waals surface area contributed by atoms with Gasteiger partial charge in [-0.15, -0.1) is 0 Å². The van der Waals surface area contributed by atoms with Gasteiger partial charge in [0.1, 0.15) is 5.84 Å². The van der Waals surface area contributed by atoms with Crippen molar-refractivity contribution in [3.63, 3.8) is 0 Å². The van der Waals surface area contributed by atoms with Crippen molar-refractivity contribution in [1.82, 2.24) is 14.0 Å². The minimum absolute atomic E-state index is 0.208. The smallest absolute Gasteiger partial charge is 0.154 e. The zero-order chi connectivity index (χ0) is 38.2. The monoisotopic (exact) mass is 723 g/mol. The number of amidine groups is 2. The quantitative estimate of drug-likeness (QED) is 0.0993. The van der Waals surface area contributed by atoms with Crippen LogP contribution in [-0.4, -0.2) is 32.8 Å². The summed E-state index contributed by atoms with van der Waals surface area (Å²) in [6.45, 7) is 1.99. The van der Waals surface area contributed by atoms with Crippen LogP contribution in [0.25, 0.3) is 71.6 Å². The summed E-state index contributed by atoms with van der Waals surface area (Å²) < 4.78 is 4.67. The molecule has 270 valence electrons. The number of allylic oxidation sites excluding steroid dienone is 3. The molecule has 9 rings (SSSR count). The zero-order valence-corrected chi connectivity index (χ0v) is 31.7. The predicted molar refractivity (Wildman–Crippen MR) is 237 cm³/mol. The van der Waals surface area contributed by atoms with Gasteiger partial charge < -0.3 is 14.0 Å². The zero-order valence-electron chi connectivity index (χ0n) is 31.7. The van der Waals surface area contributed by atoms with Crippen LogP contribution >= 0.6 is 0 Å². The first-order valence-corrected chi connectivity index (χ1v) is 19.0. The van der Waals surface area contributed by atoms with Crippen molar-refractivity contribution >= 4 is 55.3 Å². The second-order valence-corrected chi connectivity index (χ2v) is 14.1. The highest BCUT2D eigenvalue weighted by Crippen LogP contribution is 2.39. The Morgan fingerprint density at radius 3 is 1.91 bits per heavy atom. The summed E-state index contributed by atoms with van der Waals surface area (Å²) in [6, 6.07) is 57.8. The lowest BCUT2D eigenvalue weighted by Gasteiger charge is -2.17. The topological polar surface area (TPSA) is 49.3 Å². The van der Waals surface area contributed by atoms with Gasteiger partial charge in [0.05, 0.1) is 16.6 Å². The molecule has 2 aromatic heterocycles. The number of aliphatic imine (C=N–C) groups is 1. The molecule has 0 spiro atoms. The van der Waals surface area contributed by atoms with Crippen LogP contribution in [0.3, 0.4) is 0 Å². The van der Waals surface area contributed by atoms with Crippen LogP contribution in [0.4, 0.5) is 0 Å². The number of para-hydroxylation sites is 3. The average molecular weight is 724 g/mol. The first kappa shape index (κ1) is 34.5. The fourth-order valence-electron chi connectivity index (χ4n) is 7.98. The fourth-order valence-corrected chi connectivity index (χ4v) is 7.98. The van der Waals surface area contributed by atoms with Crippen LogP contribution in [-0.2, 0) is 7.05 Å². The normalized spacial score (nSPS) is 12.2. The van der Waals surface area contributed by atoms with Crippen LogP contribution in [0, 0.1) is 5.41 Å². The lowest BCUT2D eigenvalue weighted by molar-refractivity contribution is 0.690. The molecule has 0 radical (unpaired) electrons. The lowest BCUT2D eigenvalue weighted by atomic mass is 9.98. The summed E-state index contributed by atoms with van der Waals surface area (Å²) in [4.78, 5) is 6.77. The van der Waals surface area contributed by atoms with E-state index in [0.717, 1.165) is 27.9 Å². The molecule has 0 aliphatic rings. The number of nitrogens with one attached hydrogen (secondary N) is 1. The van der Waals surface area contributed by atoms with Gasteiger partial charge in [-0.25, -0.2) is 4.99 Å². The van der Waals surface area contributed by atoms with E-state index in [2.05, 4.69) is 138 Å². The summed E-state index contributed by atoms with van der Waals surface area (Å²) >= 11 is 0. The van der Waals surface area contributed by atoms with E-state index in [1.807, 2.05) is 85.8 Å². The average Bonchev–Trinajstić information content (AvgIpc) is 3.74. The molecule has 0 bridgehead atoms. The Labute approximate surface area is 326 Å². The number of hydrogen-bond donors (Lipinski definition) is 1. The standard InChI is InChI=1S/C51H41N5/c1-4-5-14-32-54(2)51(37-16-8-6-9-17-37)53-50(52)36-26-24-35(25-27-36)41-21-15-22-43-45-34-38(28-30-46(45)55(3)49(41)43)39-29-31-48-44(33-39)42-20-12-13-23-47(42)56(48)40-18-10-7-11-19-40/h4-34,52H,1-3H3/b5-4-,32-14?,52-50?,53-51?. The molecule has 2 heterocycles. The van der Waals surface area contributed by atoms with Gasteiger partial charge >= 0.3 is 0 Å². The highest BCUT2D eigenvalue weighted by molar-refractivity contribution is 6.15. The summed E-state index contributed by atoms with van der Waals surface area (Å²) in [6.07, 6.45) is 7.89. The number of fused-ring (bicyclic) bond motifs is 6. The molecule has 1 N–H and O–H groups in total. The number of rotatable bonds is 7. The van der Waals surface area contributed by atoms with Crippen LogP contribution in [0.1, 0.15) is 18.1 Å². The third-order valence-corrected chi connectivity index (χ3v) is 10.7. The maximum absolute atomic E-state index is 8.99. The van der Waals surface area contributed by atoms with Gasteiger partial charge in [-0.05, 0) is 72.2 Å². The third-order valence-electron chi connectivity index (χ3n) is 10.7. The molecule has 0 fully saturated rings. The van der Waals surface area contributed by atoms with E-state index in [9.17, 15) is 0 Å². The summed E-state index contributed by atoms with van der Waals surface area (Å²) in [7, 11) is 4.11. The molecule has 0 unspecified atom stereocenters. The van der Waals surface area contributed by atoms with E-state index in [4.69, 9.17) is 10.4 Å². The van der Waals surface area contributed by atoms with Crippen LogP contribution in [0.15, 0.2) is 193 Å². The van der Waals surface area contributed by atoms with Crippen LogP contribution < -0.4 is 0 Å². The van der Waals surface area contributed by atoms with Gasteiger partial charge in [0, 0.05) is 69.7 Å². The van der Waals surface area contributed by atoms with Crippen molar-refractivity contribution in [3.05, 3.63) is 199 Å². The second-order valence-electron chi connectivity index (χ2n) is 14.1. The van der Waals surface area contributed by atoms with E-state index in [1.54, 1.807) is 0 Å². The van der Waals surface area contributed by atoms with E-state index in [-0.39, 0.29) is 5.84 Å². The minimum Gasteiger partial charge on any atom is -0.343 e. The number of aryl methyl sites for hydroxylation is 1. The SMILES string of the molecule is C/C=C\C=CN(C)C(=NC(=N)c1ccc(-c2cccc3c4cc(-c5ccc6c(c5)c5ccccc5n6-c5ccccc5)ccc4n(C)c23)cc1)c1ccccc1. The molecular weight excluding hydrogens is 683 g/mol. The fraction of sp³-hybridized carbons (Fsp3) is 0.0588. The van der Waals surface area contributed by atoms with E-state index < -0.39 is 0 Å². The Morgan fingerprint density at radius 2 is 1.18 bits per heavy atom. The van der Waals surface area contributed by atoms with Gasteiger partial charge in [-0.3, -0.25) is 5.41 Å². The minimum atomic E-state index is 0.208. The van der Waals surface area contributed by atoms with E-state index >= 15 is 0 Å². The second kappa shape index (κ2) is 14.5. The van der Waals surface area contributed by atoms with Crippen molar-refractivity contribution in [1.29, 1.82) is 5.41 Å². The molecule has 0 saturated carbocycles. The number of benzene rings is 7. The summed E-state index contributed by atoms with van der Waals surface area (Å²) in [5.74, 6) is 0.916. The molecule has 5 nitrogen and oxygen atoms in total. The summed E-state index contributed by atoms with van der Waals surface area (Å²) in [5.41, 5.74) is 12.3. The van der Waals surface area contributed by atoms with Gasteiger partial charge in [0.25, 0.3) is 0 Å². The Kier molecular flexibility index (Phi) is 8.96. The predicted octanol–water partition coefficient (Wildman–Crippen LogP) is 12.6. The highest BCUT2D eigenvalue weighted by atomic mass is 15.2. The van der Waals surface area contributed by atoms with Gasteiger partial charge in [-0.2, -0.15) is 0 Å². The summed E-state index contributed by atoms with van der Waals surface area (Å²) in [5, 5.41) is 13.9. The van der Waals surface area contributed by atoms with Crippen molar-refractivity contribution in [3.8, 4) is 27.9 Å². The molecule has 5 heteroatoms. The molecule has 0 amide bonds. The molecule has 0 atom stereocenters. The molecule has 7 aromatic carbocycles. The lowest BCUT2D eigenvalue weighted by Crippen LogP contribution is -2.23. The first-order valence-electron chi connectivity index (χ1n) is 19.0. The third kappa shape index (κ3) is 6.09. The molecule has 9 aromatic rings. The van der Waals surface area contributed by atoms with Crippen molar-refractivity contribution in [2.45, 2.75) is 6.92 Å². The maximum Gasteiger partial charge on any atom is 0.154 e. The number of aromatic nitrogens is 2. The Morgan fingerprint density at radius 1 is 0.571 bits per heavy atom. The molecule has 0 aliphatic carbocycles. The van der Waals surface area contributed by atoms with Crippen molar-refractivity contribution in [2.24, 2.45) is 12.0 Å². The Balaban J connectivity index is 1.07. The highest BCUT2D eigenvalue weighted by Gasteiger charge is 2.17. The van der Waals surface area contributed by atoms with Gasteiger partial charge in [0.15, 0.2) is 5.84 Å². The molecular formula is C51H41N5. The number of hydrogen-bond acceptors (Lipinski definition) is 1.